The first kappa shape index (κ1) is 47.5. The molecule has 0 saturated carbocycles. The summed E-state index contributed by atoms with van der Waals surface area (Å²) in [6.07, 6.45) is 0. The van der Waals surface area contributed by atoms with E-state index < -0.39 is 0 Å². The van der Waals surface area contributed by atoms with Gasteiger partial charge in [0.2, 0.25) is 23.6 Å². The third-order valence-corrected chi connectivity index (χ3v) is 14.5. The molecule has 0 aliphatic carbocycles. The van der Waals surface area contributed by atoms with Gasteiger partial charge in [0.1, 0.15) is 0 Å². The molecule has 0 aliphatic rings. The number of rotatable bonds is 12. The van der Waals surface area contributed by atoms with Gasteiger partial charge in [0.05, 0.1) is 22.4 Å². The Morgan fingerprint density at radius 2 is 0.425 bits per heavy atom. The van der Waals surface area contributed by atoms with Crippen LogP contribution >= 0.6 is 0 Å². The molecule has 0 fully saturated rings. The highest BCUT2D eigenvalue weighted by atomic mass is 16.4. The van der Waals surface area contributed by atoms with Gasteiger partial charge in [-0.3, -0.25) is 0 Å². The zero-order valence-electron chi connectivity index (χ0n) is 43.1. The number of aromatic nitrogens is 6. The molecule has 0 saturated heterocycles. The fourth-order valence-corrected chi connectivity index (χ4v) is 10.3. The van der Waals surface area contributed by atoms with Crippen LogP contribution in [0.2, 0.25) is 0 Å². The molecule has 0 amide bonds. The Kier molecular flexibility index (Phi) is 12.4. The fraction of sp³-hybridized carbons (Fsp3) is 0. The molecule has 0 radical (unpaired) electrons. The van der Waals surface area contributed by atoms with Crippen molar-refractivity contribution in [3.8, 4) is 135 Å². The largest absolute Gasteiger partial charge is 0.416 e. The van der Waals surface area contributed by atoms with Gasteiger partial charge >= 0.3 is 0 Å². The van der Waals surface area contributed by atoms with Crippen LogP contribution < -0.4 is 0 Å². The number of hydrogen-bond donors (Lipinski definition) is 0. The summed E-state index contributed by atoms with van der Waals surface area (Å²) >= 11 is 0. The van der Waals surface area contributed by atoms with E-state index in [0.717, 1.165) is 123 Å². The summed E-state index contributed by atoms with van der Waals surface area (Å²) in [5.74, 6) is 1.91. The van der Waals surface area contributed by atoms with Crippen LogP contribution in [-0.4, -0.2) is 30.4 Å². The molecular formula is C72H46N6O2. The maximum absolute atomic E-state index is 6.08. The highest BCUT2D eigenvalue weighted by Crippen LogP contribution is 2.42. The van der Waals surface area contributed by atoms with Gasteiger partial charge < -0.3 is 8.83 Å². The molecule has 8 nitrogen and oxygen atoms in total. The van der Waals surface area contributed by atoms with Crippen LogP contribution in [0.3, 0.4) is 0 Å². The minimum absolute atomic E-state index is 0.468. The molecule has 3 aromatic heterocycles. The average Bonchev–Trinajstić information content (AvgIpc) is 4.31. The van der Waals surface area contributed by atoms with Crippen molar-refractivity contribution in [1.29, 1.82) is 0 Å². The molecule has 0 spiro atoms. The summed E-state index contributed by atoms with van der Waals surface area (Å²) in [7, 11) is 0. The predicted molar refractivity (Wildman–Crippen MR) is 320 cm³/mol. The quantitative estimate of drug-likeness (QED) is 0.119. The molecule has 0 bridgehead atoms. The van der Waals surface area contributed by atoms with E-state index in [1.807, 2.05) is 97.1 Å². The Labute approximate surface area is 462 Å². The van der Waals surface area contributed by atoms with Crippen molar-refractivity contribution in [3.05, 3.63) is 279 Å². The lowest BCUT2D eigenvalue weighted by Gasteiger charge is -2.17. The lowest BCUT2D eigenvalue weighted by molar-refractivity contribution is 0.584. The van der Waals surface area contributed by atoms with Crippen molar-refractivity contribution >= 4 is 11.0 Å². The van der Waals surface area contributed by atoms with Gasteiger partial charge in [-0.1, -0.05) is 218 Å². The molecule has 11 aromatic carbocycles. The molecule has 0 aliphatic heterocycles. The van der Waals surface area contributed by atoms with Crippen LogP contribution in [0.5, 0.6) is 0 Å². The maximum Gasteiger partial charge on any atom is 0.248 e. The summed E-state index contributed by atoms with van der Waals surface area (Å²) in [5.41, 5.74) is 21.3. The second kappa shape index (κ2) is 20.9. The molecule has 376 valence electrons. The van der Waals surface area contributed by atoms with Gasteiger partial charge in [-0.25, -0.2) is 9.97 Å². The highest BCUT2D eigenvalue weighted by molar-refractivity contribution is 6.03. The Morgan fingerprint density at radius 1 is 0.188 bits per heavy atom. The lowest BCUT2D eigenvalue weighted by Crippen LogP contribution is -1.99. The Bertz CT molecular complexity index is 4180. The first-order chi connectivity index (χ1) is 39.6. The highest BCUT2D eigenvalue weighted by Gasteiger charge is 2.21. The van der Waals surface area contributed by atoms with E-state index in [0.29, 0.717) is 23.6 Å². The average molecular weight is 1030 g/mol. The topological polar surface area (TPSA) is 104 Å². The van der Waals surface area contributed by atoms with Gasteiger partial charge in [-0.15, -0.1) is 20.4 Å². The monoisotopic (exact) mass is 1030 g/mol. The normalized spacial score (nSPS) is 11.2. The van der Waals surface area contributed by atoms with Crippen LogP contribution in [0.25, 0.3) is 146 Å². The molecule has 14 rings (SSSR count). The van der Waals surface area contributed by atoms with Crippen molar-refractivity contribution in [2.24, 2.45) is 0 Å². The number of hydrogen-bond acceptors (Lipinski definition) is 8. The molecule has 8 heteroatoms. The lowest BCUT2D eigenvalue weighted by atomic mass is 9.93. The van der Waals surface area contributed by atoms with E-state index in [4.69, 9.17) is 18.8 Å². The van der Waals surface area contributed by atoms with Gasteiger partial charge in [-0.2, -0.15) is 0 Å². The third kappa shape index (κ3) is 9.43. The van der Waals surface area contributed by atoms with Crippen molar-refractivity contribution in [3.63, 3.8) is 0 Å². The standard InChI is InChI=1S/C72H46N6O2/c1-5-15-47(16-6-1)59-23-13-25-61(45-59)63-43-44-64(62-26-14-24-60(46-62)48-17-7-2-8-18-48)68-67(63)73-65(53-35-27-49(28-36-53)51-31-39-57(40-32-51)71-77-75-69(79-71)55-19-9-3-10-20-55)66(74-68)54-37-29-50(30-38-54)52-33-41-58(42-34-52)72-78-76-70(80-72)56-21-11-4-12-22-56/h1-46H. The van der Waals surface area contributed by atoms with E-state index in [2.05, 4.69) is 202 Å². The summed E-state index contributed by atoms with van der Waals surface area (Å²) in [5, 5.41) is 17.3. The predicted octanol–water partition coefficient (Wildman–Crippen LogP) is 18.4. The van der Waals surface area contributed by atoms with Crippen LogP contribution in [0.15, 0.2) is 288 Å². The van der Waals surface area contributed by atoms with Crippen LogP contribution in [0.1, 0.15) is 0 Å². The van der Waals surface area contributed by atoms with Crippen LogP contribution in [0, 0.1) is 0 Å². The Hall–Kier alpha value is -11.0. The van der Waals surface area contributed by atoms with E-state index in [1.54, 1.807) is 0 Å². The maximum atomic E-state index is 6.08. The number of benzene rings is 11. The first-order valence-corrected chi connectivity index (χ1v) is 26.5. The van der Waals surface area contributed by atoms with Crippen LogP contribution in [-0.2, 0) is 0 Å². The molecule has 0 unspecified atom stereocenters. The molecule has 3 heterocycles. The van der Waals surface area contributed by atoms with E-state index in [9.17, 15) is 0 Å². The molecule has 0 atom stereocenters. The van der Waals surface area contributed by atoms with E-state index in [1.165, 1.54) is 0 Å². The number of fused-ring (bicyclic) bond motifs is 1. The van der Waals surface area contributed by atoms with Crippen molar-refractivity contribution in [2.45, 2.75) is 0 Å². The van der Waals surface area contributed by atoms with E-state index >= 15 is 0 Å². The second-order valence-electron chi connectivity index (χ2n) is 19.5. The smallest absolute Gasteiger partial charge is 0.248 e. The molecule has 0 N–H and O–H groups in total. The zero-order valence-corrected chi connectivity index (χ0v) is 43.1. The van der Waals surface area contributed by atoms with Gasteiger partial charge in [-0.05, 0) is 116 Å². The summed E-state index contributed by atoms with van der Waals surface area (Å²) in [6, 6.07) is 96.1. The Morgan fingerprint density at radius 3 is 0.750 bits per heavy atom. The molecule has 80 heavy (non-hydrogen) atoms. The van der Waals surface area contributed by atoms with Crippen molar-refractivity contribution in [2.75, 3.05) is 0 Å². The minimum Gasteiger partial charge on any atom is -0.416 e. The zero-order chi connectivity index (χ0) is 53.2. The third-order valence-electron chi connectivity index (χ3n) is 14.5. The first-order valence-electron chi connectivity index (χ1n) is 26.5. The van der Waals surface area contributed by atoms with Gasteiger partial charge in [0.15, 0.2) is 0 Å². The fourth-order valence-electron chi connectivity index (χ4n) is 10.3. The Balaban J connectivity index is 0.879. The summed E-state index contributed by atoms with van der Waals surface area (Å²) < 4.78 is 12.2. The second-order valence-corrected chi connectivity index (χ2v) is 19.5. The van der Waals surface area contributed by atoms with Crippen LogP contribution in [0.4, 0.5) is 0 Å². The summed E-state index contributed by atoms with van der Waals surface area (Å²) in [6.45, 7) is 0. The molecular weight excluding hydrogens is 981 g/mol. The van der Waals surface area contributed by atoms with Crippen molar-refractivity contribution in [1.82, 2.24) is 30.4 Å². The molecule has 14 aromatic rings. The van der Waals surface area contributed by atoms with Crippen molar-refractivity contribution < 1.29 is 8.83 Å². The van der Waals surface area contributed by atoms with Gasteiger partial charge in [0.25, 0.3) is 0 Å². The van der Waals surface area contributed by atoms with E-state index in [-0.39, 0.29) is 0 Å². The minimum atomic E-state index is 0.468. The SMILES string of the molecule is c1ccc(-c2cccc(-c3ccc(-c4cccc(-c5ccccc5)c4)c4nc(-c5ccc(-c6ccc(-c7nnc(-c8ccccc8)o7)cc6)cc5)c(-c5ccc(-c6ccc(-c7nnc(-c8ccccc8)o7)cc6)cc5)nc34)c2)cc1. The summed E-state index contributed by atoms with van der Waals surface area (Å²) in [4.78, 5) is 11.5. The van der Waals surface area contributed by atoms with Gasteiger partial charge in [0, 0.05) is 44.5 Å². The number of nitrogens with zero attached hydrogens (tertiary/aromatic N) is 6.